The summed E-state index contributed by atoms with van der Waals surface area (Å²) < 4.78 is 5.40. The second kappa shape index (κ2) is 10.2. The smallest absolute Gasteiger partial charge is 0.410 e. The highest BCUT2D eigenvalue weighted by Gasteiger charge is 2.19. The Morgan fingerprint density at radius 3 is 2.12 bits per heavy atom. The van der Waals surface area contributed by atoms with Crippen molar-refractivity contribution >= 4 is 12.0 Å². The van der Waals surface area contributed by atoms with Crippen LogP contribution >= 0.6 is 0 Å². The van der Waals surface area contributed by atoms with Gasteiger partial charge in [-0.05, 0) is 17.5 Å². The molecule has 0 saturated carbocycles. The molecule has 0 spiro atoms. The summed E-state index contributed by atoms with van der Waals surface area (Å²) in [5.41, 5.74) is 13.1. The van der Waals surface area contributed by atoms with Crippen molar-refractivity contribution in [2.24, 2.45) is 11.5 Å². The summed E-state index contributed by atoms with van der Waals surface area (Å²) in [5, 5.41) is 0. The molecule has 4 N–H and O–H groups in total. The summed E-state index contributed by atoms with van der Waals surface area (Å²) in [5.74, 6) is -0.488. The van der Waals surface area contributed by atoms with E-state index in [2.05, 4.69) is 0 Å². The van der Waals surface area contributed by atoms with Crippen LogP contribution < -0.4 is 11.5 Å². The molecule has 1 atom stereocenters. The number of ether oxygens (including phenoxy) is 1. The van der Waals surface area contributed by atoms with Gasteiger partial charge in [0.05, 0.1) is 0 Å². The topological polar surface area (TPSA) is 98.6 Å². The molecule has 0 saturated heterocycles. The molecule has 2 rings (SSSR count). The Kier molecular flexibility index (Phi) is 7.64. The van der Waals surface area contributed by atoms with E-state index in [1.54, 1.807) is 0 Å². The predicted octanol–water partition coefficient (Wildman–Crippen LogP) is 2.07. The Morgan fingerprint density at radius 2 is 1.54 bits per heavy atom. The lowest BCUT2D eigenvalue weighted by Gasteiger charge is -2.25. The minimum absolute atomic E-state index is 0.0216. The van der Waals surface area contributed by atoms with Crippen LogP contribution in [0, 0.1) is 0 Å². The van der Waals surface area contributed by atoms with Crippen molar-refractivity contribution in [3.05, 3.63) is 71.8 Å². The fraction of sp³-hybridized carbons (Fsp3) is 0.300. The van der Waals surface area contributed by atoms with E-state index < -0.39 is 18.0 Å². The van der Waals surface area contributed by atoms with E-state index in [0.29, 0.717) is 13.0 Å². The number of hydrogen-bond acceptors (Lipinski definition) is 4. The molecule has 0 bridgehead atoms. The highest BCUT2D eigenvalue weighted by Crippen LogP contribution is 2.07. The quantitative estimate of drug-likeness (QED) is 0.719. The maximum Gasteiger partial charge on any atom is 0.410 e. The van der Waals surface area contributed by atoms with Gasteiger partial charge in [-0.3, -0.25) is 4.79 Å². The van der Waals surface area contributed by atoms with E-state index in [1.165, 1.54) is 4.90 Å². The molecule has 0 fully saturated rings. The van der Waals surface area contributed by atoms with Gasteiger partial charge < -0.3 is 21.1 Å². The predicted molar refractivity (Wildman–Crippen MR) is 100 cm³/mol. The third-order valence-corrected chi connectivity index (χ3v) is 3.89. The van der Waals surface area contributed by atoms with Crippen molar-refractivity contribution < 1.29 is 14.3 Å². The largest absolute Gasteiger partial charge is 0.445 e. The molecule has 0 aliphatic carbocycles. The van der Waals surface area contributed by atoms with Crippen LogP contribution in [0.25, 0.3) is 0 Å². The number of carbonyl (C=O) groups is 2. The monoisotopic (exact) mass is 355 g/mol. The van der Waals surface area contributed by atoms with Gasteiger partial charge in [0.25, 0.3) is 0 Å². The van der Waals surface area contributed by atoms with Gasteiger partial charge in [-0.25, -0.2) is 4.79 Å². The van der Waals surface area contributed by atoms with E-state index in [1.807, 2.05) is 60.7 Å². The molecule has 0 radical (unpaired) electrons. The molecule has 138 valence electrons. The molecule has 0 aliphatic heterocycles. The van der Waals surface area contributed by atoms with Crippen molar-refractivity contribution in [3.63, 3.8) is 0 Å². The van der Waals surface area contributed by atoms with Gasteiger partial charge in [0, 0.05) is 25.6 Å². The lowest BCUT2D eigenvalue weighted by molar-refractivity contribution is -0.118. The molecule has 6 nitrogen and oxygen atoms in total. The number of nitrogens with zero attached hydrogens (tertiary/aromatic N) is 1. The second-order valence-electron chi connectivity index (χ2n) is 6.15. The third kappa shape index (κ3) is 6.94. The van der Waals surface area contributed by atoms with Gasteiger partial charge in [-0.1, -0.05) is 60.7 Å². The van der Waals surface area contributed by atoms with E-state index in [-0.39, 0.29) is 19.6 Å². The Balaban J connectivity index is 1.95. The molecule has 0 aromatic heterocycles. The molecule has 2 aromatic carbocycles. The van der Waals surface area contributed by atoms with Crippen molar-refractivity contribution in [3.8, 4) is 0 Å². The molecule has 2 aromatic rings. The van der Waals surface area contributed by atoms with Crippen LogP contribution in [-0.2, 0) is 22.6 Å². The van der Waals surface area contributed by atoms with Crippen LogP contribution in [0.2, 0.25) is 0 Å². The molecular weight excluding hydrogens is 330 g/mol. The van der Waals surface area contributed by atoms with Gasteiger partial charge in [0.15, 0.2) is 0 Å². The maximum atomic E-state index is 12.5. The maximum absolute atomic E-state index is 12.5. The van der Waals surface area contributed by atoms with Crippen LogP contribution in [0.1, 0.15) is 17.5 Å². The minimum Gasteiger partial charge on any atom is -0.445 e. The molecule has 0 aliphatic rings. The summed E-state index contributed by atoms with van der Waals surface area (Å²) in [6.07, 6.45) is 0.239. The highest BCUT2D eigenvalue weighted by atomic mass is 16.6. The number of nitrogens with two attached hydrogens (primary N) is 2. The van der Waals surface area contributed by atoms with Gasteiger partial charge in [-0.15, -0.1) is 0 Å². The lowest BCUT2D eigenvalue weighted by atomic mass is 10.1. The molecule has 2 amide bonds. The second-order valence-corrected chi connectivity index (χ2v) is 6.15. The SMILES string of the molecule is NC(=O)C[C@@H](N)CN(CCc1ccccc1)C(=O)OCc1ccccc1. The molecule has 26 heavy (non-hydrogen) atoms. The first-order valence-electron chi connectivity index (χ1n) is 8.58. The zero-order valence-electron chi connectivity index (χ0n) is 14.7. The summed E-state index contributed by atoms with van der Waals surface area (Å²) in [6, 6.07) is 18.8. The Labute approximate surface area is 153 Å². The number of rotatable bonds is 9. The summed E-state index contributed by atoms with van der Waals surface area (Å²) in [7, 11) is 0. The highest BCUT2D eigenvalue weighted by molar-refractivity contribution is 5.74. The van der Waals surface area contributed by atoms with Crippen LogP contribution in [0.3, 0.4) is 0 Å². The first-order valence-corrected chi connectivity index (χ1v) is 8.58. The van der Waals surface area contributed by atoms with Crippen molar-refractivity contribution in [1.82, 2.24) is 4.90 Å². The van der Waals surface area contributed by atoms with Crippen molar-refractivity contribution in [1.29, 1.82) is 0 Å². The summed E-state index contributed by atoms with van der Waals surface area (Å²) in [4.78, 5) is 25.1. The first kappa shape index (κ1) is 19.5. The van der Waals surface area contributed by atoms with E-state index >= 15 is 0 Å². The van der Waals surface area contributed by atoms with Crippen LogP contribution in [0.4, 0.5) is 4.79 Å². The van der Waals surface area contributed by atoms with Gasteiger partial charge >= 0.3 is 6.09 Å². The normalized spacial score (nSPS) is 11.6. The Morgan fingerprint density at radius 1 is 0.962 bits per heavy atom. The van der Waals surface area contributed by atoms with Crippen LogP contribution in [0.15, 0.2) is 60.7 Å². The molecule has 0 heterocycles. The number of benzene rings is 2. The molecule has 0 unspecified atom stereocenters. The van der Waals surface area contributed by atoms with Crippen LogP contribution in [0.5, 0.6) is 0 Å². The third-order valence-electron chi connectivity index (χ3n) is 3.89. The molecule has 6 heteroatoms. The first-order chi connectivity index (χ1) is 12.5. The van der Waals surface area contributed by atoms with E-state index in [9.17, 15) is 9.59 Å². The Hall–Kier alpha value is -2.86. The van der Waals surface area contributed by atoms with Gasteiger partial charge in [0.1, 0.15) is 6.61 Å². The van der Waals surface area contributed by atoms with E-state index in [0.717, 1.165) is 11.1 Å². The van der Waals surface area contributed by atoms with E-state index in [4.69, 9.17) is 16.2 Å². The van der Waals surface area contributed by atoms with Gasteiger partial charge in [0.2, 0.25) is 5.91 Å². The summed E-state index contributed by atoms with van der Waals surface area (Å²) in [6.45, 7) is 0.847. The van der Waals surface area contributed by atoms with Gasteiger partial charge in [-0.2, -0.15) is 0 Å². The number of amides is 2. The minimum atomic E-state index is -0.521. The number of carbonyl (C=O) groups excluding carboxylic acids is 2. The summed E-state index contributed by atoms with van der Waals surface area (Å²) >= 11 is 0. The zero-order chi connectivity index (χ0) is 18.8. The van der Waals surface area contributed by atoms with Crippen molar-refractivity contribution in [2.75, 3.05) is 13.1 Å². The Bertz CT molecular complexity index is 692. The standard InChI is InChI=1S/C20H25N3O3/c21-18(13-19(22)24)14-23(12-11-16-7-3-1-4-8-16)20(25)26-15-17-9-5-2-6-10-17/h1-10,18H,11-15,21H2,(H2,22,24)/t18-/m1/s1. The number of primary amides is 1. The number of hydrogen-bond donors (Lipinski definition) is 2. The van der Waals surface area contributed by atoms with Crippen LogP contribution in [-0.4, -0.2) is 36.0 Å². The lowest BCUT2D eigenvalue weighted by Crippen LogP contribution is -2.44. The fourth-order valence-electron chi connectivity index (χ4n) is 2.58. The van der Waals surface area contributed by atoms with Crippen molar-refractivity contribution in [2.45, 2.75) is 25.5 Å². The average Bonchev–Trinajstić information content (AvgIpc) is 2.64. The zero-order valence-corrected chi connectivity index (χ0v) is 14.7. The fourth-order valence-corrected chi connectivity index (χ4v) is 2.58. The average molecular weight is 355 g/mol. The molecular formula is C20H25N3O3.